The van der Waals surface area contributed by atoms with Crippen molar-refractivity contribution in [3.8, 4) is 0 Å². The van der Waals surface area contributed by atoms with Crippen LogP contribution >= 0.6 is 0 Å². The lowest BCUT2D eigenvalue weighted by atomic mass is 9.85. The third kappa shape index (κ3) is 1.14. The highest BCUT2D eigenvalue weighted by Crippen LogP contribution is 2.39. The van der Waals surface area contributed by atoms with E-state index in [1.807, 2.05) is 0 Å². The van der Waals surface area contributed by atoms with Crippen molar-refractivity contribution >= 4 is 0 Å². The van der Waals surface area contributed by atoms with Crippen molar-refractivity contribution in [3.63, 3.8) is 0 Å². The van der Waals surface area contributed by atoms with Gasteiger partial charge in [0.05, 0.1) is 0 Å². The number of rotatable bonds is 0. The van der Waals surface area contributed by atoms with E-state index < -0.39 is 0 Å². The molecule has 3 rings (SSSR count). The third-order valence-electron chi connectivity index (χ3n) is 3.82. The van der Waals surface area contributed by atoms with Crippen LogP contribution < -0.4 is 0 Å². The second-order valence-corrected chi connectivity index (χ2v) is 4.85. The third-order valence-corrected chi connectivity index (χ3v) is 3.82. The smallest absolute Gasteiger partial charge is 0.110 e. The highest BCUT2D eigenvalue weighted by molar-refractivity contribution is 5.38. The van der Waals surface area contributed by atoms with Gasteiger partial charge in [0.2, 0.25) is 0 Å². The molecule has 0 saturated heterocycles. The second-order valence-electron chi connectivity index (χ2n) is 4.85. The van der Waals surface area contributed by atoms with E-state index in [9.17, 15) is 0 Å². The molecule has 2 aliphatic rings. The molecule has 76 valence electrons. The van der Waals surface area contributed by atoms with Crippen molar-refractivity contribution in [3.05, 3.63) is 22.6 Å². The van der Waals surface area contributed by atoms with Crippen LogP contribution in [0.25, 0.3) is 0 Å². The molecule has 0 saturated carbocycles. The molecular weight excluding hydrogens is 172 g/mol. The van der Waals surface area contributed by atoms with Gasteiger partial charge in [-0.1, -0.05) is 6.92 Å². The van der Waals surface area contributed by atoms with E-state index in [4.69, 9.17) is 4.42 Å². The van der Waals surface area contributed by atoms with Gasteiger partial charge in [0.25, 0.3) is 0 Å². The Balaban J connectivity index is 2.10. The summed E-state index contributed by atoms with van der Waals surface area (Å²) in [6.07, 6.45) is 9.12. The summed E-state index contributed by atoms with van der Waals surface area (Å²) < 4.78 is 6.04. The number of fused-ring (bicyclic) bond motifs is 3. The van der Waals surface area contributed by atoms with E-state index in [2.05, 4.69) is 6.92 Å². The van der Waals surface area contributed by atoms with Crippen molar-refractivity contribution in [1.82, 2.24) is 0 Å². The van der Waals surface area contributed by atoms with Gasteiger partial charge in [-0.25, -0.2) is 0 Å². The van der Waals surface area contributed by atoms with Crippen LogP contribution in [0.5, 0.6) is 0 Å². The Morgan fingerprint density at radius 2 is 1.79 bits per heavy atom. The van der Waals surface area contributed by atoms with Crippen molar-refractivity contribution in [1.29, 1.82) is 0 Å². The zero-order valence-electron chi connectivity index (χ0n) is 8.94. The Kier molecular flexibility index (Phi) is 1.93. The van der Waals surface area contributed by atoms with Gasteiger partial charge in [-0.15, -0.1) is 0 Å². The summed E-state index contributed by atoms with van der Waals surface area (Å²) in [6.45, 7) is 2.31. The monoisotopic (exact) mass is 190 g/mol. The lowest BCUT2D eigenvalue weighted by Gasteiger charge is -2.17. The second kappa shape index (κ2) is 3.15. The van der Waals surface area contributed by atoms with Gasteiger partial charge in [-0.3, -0.25) is 0 Å². The summed E-state index contributed by atoms with van der Waals surface area (Å²) in [6, 6.07) is 0. The molecule has 1 aromatic heterocycles. The van der Waals surface area contributed by atoms with Gasteiger partial charge in [-0.05, 0) is 49.7 Å². The maximum absolute atomic E-state index is 6.04. The summed E-state index contributed by atoms with van der Waals surface area (Å²) in [5, 5.41) is 0. The van der Waals surface area contributed by atoms with Gasteiger partial charge in [0.15, 0.2) is 0 Å². The predicted molar refractivity (Wildman–Crippen MR) is 56.7 cm³/mol. The molecule has 0 spiro atoms. The first-order valence-electron chi connectivity index (χ1n) is 5.99. The molecule has 0 radical (unpaired) electrons. The molecule has 1 atom stereocenters. The Hall–Kier alpha value is -0.720. The molecular formula is C13H18O. The van der Waals surface area contributed by atoms with Gasteiger partial charge in [-0.2, -0.15) is 0 Å². The summed E-state index contributed by atoms with van der Waals surface area (Å²) in [4.78, 5) is 0. The highest BCUT2D eigenvalue weighted by Gasteiger charge is 2.27. The van der Waals surface area contributed by atoms with Crippen LogP contribution in [0.3, 0.4) is 0 Å². The normalized spacial score (nSPS) is 25.6. The van der Waals surface area contributed by atoms with Crippen molar-refractivity contribution in [2.75, 3.05) is 0 Å². The number of furan rings is 1. The summed E-state index contributed by atoms with van der Waals surface area (Å²) in [5.41, 5.74) is 3.19. The fourth-order valence-corrected chi connectivity index (χ4v) is 3.04. The zero-order valence-corrected chi connectivity index (χ0v) is 8.94. The van der Waals surface area contributed by atoms with Crippen LogP contribution in [0.15, 0.2) is 4.42 Å². The molecule has 1 aromatic rings. The van der Waals surface area contributed by atoms with E-state index in [1.54, 1.807) is 11.1 Å². The average Bonchev–Trinajstić information content (AvgIpc) is 2.59. The average molecular weight is 190 g/mol. The largest absolute Gasteiger partial charge is 0.465 e. The summed E-state index contributed by atoms with van der Waals surface area (Å²) >= 11 is 0. The first-order valence-corrected chi connectivity index (χ1v) is 5.99. The molecule has 0 bridgehead atoms. The van der Waals surface area contributed by atoms with Gasteiger partial charge >= 0.3 is 0 Å². The fraction of sp³-hybridized carbons (Fsp3) is 0.692. The molecule has 1 nitrogen and oxygen atoms in total. The first-order chi connectivity index (χ1) is 6.86. The van der Waals surface area contributed by atoms with E-state index >= 15 is 0 Å². The van der Waals surface area contributed by atoms with Crippen LogP contribution in [0.4, 0.5) is 0 Å². The standard InChI is InChI=1S/C13H18O/c1-9-5-4-7-11-10-6-2-3-8-12(10)14-13(9)11/h9H,2-8H2,1H3. The molecule has 1 unspecified atom stereocenters. The zero-order chi connectivity index (χ0) is 9.54. The SMILES string of the molecule is CC1CCCc2c1oc1c2CCCC1. The quantitative estimate of drug-likeness (QED) is 0.609. The molecule has 0 N–H and O–H groups in total. The summed E-state index contributed by atoms with van der Waals surface area (Å²) in [7, 11) is 0. The lowest BCUT2D eigenvalue weighted by Crippen LogP contribution is -2.07. The van der Waals surface area contributed by atoms with Gasteiger partial charge in [0, 0.05) is 12.3 Å². The van der Waals surface area contributed by atoms with Crippen LogP contribution in [0, 0.1) is 0 Å². The maximum atomic E-state index is 6.04. The first kappa shape index (κ1) is 8.58. The Morgan fingerprint density at radius 3 is 2.71 bits per heavy atom. The molecule has 14 heavy (non-hydrogen) atoms. The van der Waals surface area contributed by atoms with Crippen molar-refractivity contribution in [2.45, 2.75) is 57.8 Å². The fourth-order valence-electron chi connectivity index (χ4n) is 3.04. The lowest BCUT2D eigenvalue weighted by molar-refractivity contribution is 0.400. The molecule has 1 heteroatoms. The van der Waals surface area contributed by atoms with Crippen molar-refractivity contribution in [2.24, 2.45) is 0 Å². The minimum Gasteiger partial charge on any atom is -0.465 e. The number of hydrogen-bond donors (Lipinski definition) is 0. The van der Waals surface area contributed by atoms with Crippen molar-refractivity contribution < 1.29 is 4.42 Å². The molecule has 0 aromatic carbocycles. The predicted octanol–water partition coefficient (Wildman–Crippen LogP) is 3.60. The molecule has 0 aliphatic heterocycles. The Labute approximate surface area is 85.5 Å². The minimum atomic E-state index is 0.671. The maximum Gasteiger partial charge on any atom is 0.110 e. The van der Waals surface area contributed by atoms with Gasteiger partial charge in [0.1, 0.15) is 11.5 Å². The van der Waals surface area contributed by atoms with E-state index in [0.717, 1.165) is 0 Å². The Morgan fingerprint density at radius 1 is 1.00 bits per heavy atom. The topological polar surface area (TPSA) is 13.1 Å². The Bertz CT molecular complexity index is 348. The summed E-state index contributed by atoms with van der Waals surface area (Å²) in [5.74, 6) is 3.34. The number of aryl methyl sites for hydroxylation is 1. The molecule has 0 fully saturated rings. The van der Waals surface area contributed by atoms with Crippen LogP contribution in [0.2, 0.25) is 0 Å². The van der Waals surface area contributed by atoms with Gasteiger partial charge < -0.3 is 4.42 Å². The van der Waals surface area contributed by atoms with Crippen LogP contribution in [-0.4, -0.2) is 0 Å². The molecule has 1 heterocycles. The van der Waals surface area contributed by atoms with Crippen LogP contribution in [0.1, 0.15) is 61.2 Å². The minimum absolute atomic E-state index is 0.671. The molecule has 2 aliphatic carbocycles. The number of hydrogen-bond acceptors (Lipinski definition) is 1. The molecule has 0 amide bonds. The van der Waals surface area contributed by atoms with Crippen LogP contribution in [-0.2, 0) is 19.3 Å². The van der Waals surface area contributed by atoms with E-state index in [1.165, 1.54) is 56.5 Å². The van der Waals surface area contributed by atoms with E-state index in [0.29, 0.717) is 5.92 Å². The van der Waals surface area contributed by atoms with E-state index in [-0.39, 0.29) is 0 Å². The highest BCUT2D eigenvalue weighted by atomic mass is 16.3.